The number of nitrogens with two attached hydrogens (primary N) is 1. The fourth-order valence-corrected chi connectivity index (χ4v) is 2.32. The lowest BCUT2D eigenvalue weighted by Crippen LogP contribution is -2.59. The monoisotopic (exact) mass is 246 g/mol. The maximum atomic E-state index is 12.2. The Bertz CT molecular complexity index is 246. The number of hydrogen-bond donors (Lipinski definition) is 1. The zero-order chi connectivity index (χ0) is 12.2. The minimum Gasteiger partial charge on any atom is -0.377 e. The van der Waals surface area contributed by atoms with E-state index in [1.807, 2.05) is 25.0 Å². The van der Waals surface area contributed by atoms with E-state index in [1.165, 1.54) is 0 Å². The molecule has 94 valence electrons. The third-order valence-electron chi connectivity index (χ3n) is 2.86. The fraction of sp³-hybridized carbons (Fsp3) is 0.909. The smallest absolute Gasteiger partial charge is 0.240 e. The molecule has 0 radical (unpaired) electrons. The Morgan fingerprint density at radius 3 is 2.88 bits per heavy atom. The van der Waals surface area contributed by atoms with Crippen LogP contribution in [0, 0.1) is 0 Å². The number of thioether (sulfide) groups is 1. The van der Waals surface area contributed by atoms with Gasteiger partial charge in [-0.3, -0.25) is 4.79 Å². The van der Waals surface area contributed by atoms with Gasteiger partial charge in [0.1, 0.15) is 0 Å². The molecule has 0 aromatic rings. The second-order valence-electron chi connectivity index (χ2n) is 4.74. The van der Waals surface area contributed by atoms with Gasteiger partial charge in [-0.05, 0) is 32.3 Å². The molecular formula is C11H22N2O2S. The Morgan fingerprint density at radius 2 is 2.31 bits per heavy atom. The Morgan fingerprint density at radius 1 is 1.62 bits per heavy atom. The number of amides is 1. The van der Waals surface area contributed by atoms with Gasteiger partial charge < -0.3 is 15.4 Å². The Hall–Kier alpha value is -0.260. The molecule has 0 aromatic heterocycles. The summed E-state index contributed by atoms with van der Waals surface area (Å²) in [4.78, 5) is 14.0. The largest absolute Gasteiger partial charge is 0.377 e. The van der Waals surface area contributed by atoms with E-state index < -0.39 is 0 Å². The van der Waals surface area contributed by atoms with Crippen LogP contribution < -0.4 is 5.73 Å². The van der Waals surface area contributed by atoms with Gasteiger partial charge in [-0.2, -0.15) is 11.8 Å². The van der Waals surface area contributed by atoms with Crippen molar-refractivity contribution in [1.29, 1.82) is 0 Å². The predicted octanol–water partition coefficient (Wildman–Crippen LogP) is 0.704. The average Bonchev–Trinajstić information content (AvgIpc) is 2.24. The fourth-order valence-electron chi connectivity index (χ4n) is 1.84. The molecule has 0 aliphatic carbocycles. The number of hydrogen-bond acceptors (Lipinski definition) is 4. The van der Waals surface area contributed by atoms with Crippen molar-refractivity contribution < 1.29 is 9.53 Å². The summed E-state index contributed by atoms with van der Waals surface area (Å²) in [5.74, 6) is 0.986. The van der Waals surface area contributed by atoms with Crippen molar-refractivity contribution in [3.05, 3.63) is 0 Å². The summed E-state index contributed by atoms with van der Waals surface area (Å²) in [5.41, 5.74) is 5.68. The van der Waals surface area contributed by atoms with Gasteiger partial charge in [-0.1, -0.05) is 0 Å². The maximum absolute atomic E-state index is 12.2. The molecule has 1 amide bonds. The molecule has 1 aliphatic heterocycles. The highest BCUT2D eigenvalue weighted by Crippen LogP contribution is 2.20. The minimum atomic E-state index is -0.371. The average molecular weight is 246 g/mol. The molecule has 1 rings (SSSR count). The molecule has 16 heavy (non-hydrogen) atoms. The lowest BCUT2D eigenvalue weighted by molar-refractivity contribution is -0.147. The van der Waals surface area contributed by atoms with Crippen LogP contribution in [0.3, 0.4) is 0 Å². The van der Waals surface area contributed by atoms with E-state index in [0.717, 1.165) is 12.2 Å². The highest BCUT2D eigenvalue weighted by Gasteiger charge is 2.35. The van der Waals surface area contributed by atoms with Crippen LogP contribution >= 0.6 is 11.8 Å². The van der Waals surface area contributed by atoms with E-state index in [2.05, 4.69) is 0 Å². The summed E-state index contributed by atoms with van der Waals surface area (Å²) in [6, 6.07) is -0.371. The normalized spacial score (nSPS) is 21.9. The first-order chi connectivity index (χ1) is 7.49. The van der Waals surface area contributed by atoms with Crippen LogP contribution in [-0.4, -0.2) is 54.2 Å². The molecule has 0 spiro atoms. The lowest BCUT2D eigenvalue weighted by Gasteiger charge is -2.43. The van der Waals surface area contributed by atoms with Crippen molar-refractivity contribution in [2.75, 3.05) is 31.8 Å². The first-order valence-corrected chi connectivity index (χ1v) is 7.02. The standard InChI is InChI=1S/C11H22N2O2S/c1-11(2)8-15-6-5-13(11)10(14)9(12)4-7-16-3/h9H,4-8,12H2,1-3H3/t9-/m0/s1. The van der Waals surface area contributed by atoms with Crippen LogP contribution in [0.15, 0.2) is 0 Å². The lowest BCUT2D eigenvalue weighted by atomic mass is 10.0. The molecule has 0 aromatic carbocycles. The topological polar surface area (TPSA) is 55.6 Å². The highest BCUT2D eigenvalue weighted by atomic mass is 32.2. The van der Waals surface area contributed by atoms with Gasteiger partial charge in [0.05, 0.1) is 24.8 Å². The van der Waals surface area contributed by atoms with Gasteiger partial charge in [0, 0.05) is 6.54 Å². The SMILES string of the molecule is CSCC[C@H](N)C(=O)N1CCOCC1(C)C. The number of carbonyl (C=O) groups excluding carboxylic acids is 1. The third-order valence-corrected chi connectivity index (χ3v) is 3.51. The summed E-state index contributed by atoms with van der Waals surface area (Å²) in [6.07, 6.45) is 2.77. The van der Waals surface area contributed by atoms with E-state index in [9.17, 15) is 4.79 Å². The van der Waals surface area contributed by atoms with E-state index in [-0.39, 0.29) is 17.5 Å². The van der Waals surface area contributed by atoms with Crippen molar-refractivity contribution in [3.8, 4) is 0 Å². The molecule has 5 heteroatoms. The van der Waals surface area contributed by atoms with Gasteiger partial charge in [-0.25, -0.2) is 0 Å². The van der Waals surface area contributed by atoms with Crippen molar-refractivity contribution in [3.63, 3.8) is 0 Å². The number of ether oxygens (including phenoxy) is 1. The molecule has 0 saturated carbocycles. The molecule has 0 unspecified atom stereocenters. The number of morpholine rings is 1. The first-order valence-electron chi connectivity index (χ1n) is 5.63. The van der Waals surface area contributed by atoms with Crippen LogP contribution in [0.2, 0.25) is 0 Å². The van der Waals surface area contributed by atoms with Gasteiger partial charge in [0.25, 0.3) is 0 Å². The van der Waals surface area contributed by atoms with Crippen molar-refractivity contribution >= 4 is 17.7 Å². The quantitative estimate of drug-likeness (QED) is 0.793. The molecule has 1 heterocycles. The van der Waals surface area contributed by atoms with Gasteiger partial charge in [-0.15, -0.1) is 0 Å². The maximum Gasteiger partial charge on any atom is 0.240 e. The van der Waals surface area contributed by atoms with Crippen LogP contribution in [0.5, 0.6) is 0 Å². The Labute approximate surface area is 102 Å². The molecule has 1 atom stereocenters. The molecule has 0 bridgehead atoms. The third kappa shape index (κ3) is 3.37. The van der Waals surface area contributed by atoms with Crippen LogP contribution in [0.25, 0.3) is 0 Å². The predicted molar refractivity (Wildman–Crippen MR) is 67.6 cm³/mol. The first kappa shape index (κ1) is 13.8. The Kier molecular flexibility index (Phi) is 5.08. The molecule has 1 aliphatic rings. The van der Waals surface area contributed by atoms with Gasteiger partial charge in [0.15, 0.2) is 0 Å². The van der Waals surface area contributed by atoms with Crippen LogP contribution in [0.1, 0.15) is 20.3 Å². The second-order valence-corrected chi connectivity index (χ2v) is 5.73. The van der Waals surface area contributed by atoms with Gasteiger partial charge in [0.2, 0.25) is 5.91 Å². The number of carbonyl (C=O) groups is 1. The summed E-state index contributed by atoms with van der Waals surface area (Å²) in [5, 5.41) is 0. The summed E-state index contributed by atoms with van der Waals surface area (Å²) < 4.78 is 5.39. The van der Waals surface area contributed by atoms with E-state index in [4.69, 9.17) is 10.5 Å². The van der Waals surface area contributed by atoms with E-state index >= 15 is 0 Å². The van der Waals surface area contributed by atoms with E-state index in [1.54, 1.807) is 11.8 Å². The highest BCUT2D eigenvalue weighted by molar-refractivity contribution is 7.98. The molecular weight excluding hydrogens is 224 g/mol. The van der Waals surface area contributed by atoms with E-state index in [0.29, 0.717) is 19.8 Å². The zero-order valence-corrected chi connectivity index (χ0v) is 11.2. The molecule has 2 N–H and O–H groups in total. The number of nitrogens with zero attached hydrogens (tertiary/aromatic N) is 1. The van der Waals surface area contributed by atoms with Crippen molar-refractivity contribution in [2.24, 2.45) is 5.73 Å². The molecule has 1 saturated heterocycles. The summed E-state index contributed by atoms with van der Waals surface area (Å²) >= 11 is 1.72. The van der Waals surface area contributed by atoms with Crippen molar-refractivity contribution in [1.82, 2.24) is 4.90 Å². The second kappa shape index (κ2) is 5.89. The molecule has 4 nitrogen and oxygen atoms in total. The summed E-state index contributed by atoms with van der Waals surface area (Å²) in [7, 11) is 0. The summed E-state index contributed by atoms with van der Waals surface area (Å²) in [6.45, 7) is 5.90. The van der Waals surface area contributed by atoms with Crippen LogP contribution in [0.4, 0.5) is 0 Å². The van der Waals surface area contributed by atoms with Gasteiger partial charge >= 0.3 is 0 Å². The number of rotatable bonds is 4. The van der Waals surface area contributed by atoms with Crippen LogP contribution in [-0.2, 0) is 9.53 Å². The Balaban J connectivity index is 2.57. The van der Waals surface area contributed by atoms with Crippen molar-refractivity contribution in [2.45, 2.75) is 31.8 Å². The molecule has 1 fully saturated rings. The minimum absolute atomic E-state index is 0.0577. The zero-order valence-electron chi connectivity index (χ0n) is 10.4.